The van der Waals surface area contributed by atoms with Crippen molar-refractivity contribution in [2.75, 3.05) is 20.3 Å². The summed E-state index contributed by atoms with van der Waals surface area (Å²) < 4.78 is 11.0. The zero-order valence-corrected chi connectivity index (χ0v) is 11.1. The second kappa shape index (κ2) is 5.21. The van der Waals surface area contributed by atoms with Gasteiger partial charge in [-0.25, -0.2) is 0 Å². The van der Waals surface area contributed by atoms with Crippen LogP contribution in [-0.4, -0.2) is 43.2 Å². The molecule has 0 spiro atoms. The van der Waals surface area contributed by atoms with Crippen LogP contribution in [0.4, 0.5) is 0 Å². The molecule has 1 aromatic carbocycles. The predicted octanol–water partition coefficient (Wildman–Crippen LogP) is 1.70. The molecule has 1 amide bonds. The van der Waals surface area contributed by atoms with Gasteiger partial charge in [0.2, 0.25) is 0 Å². The molecule has 102 valence electrons. The molecule has 19 heavy (non-hydrogen) atoms. The molecule has 1 aliphatic carbocycles. The van der Waals surface area contributed by atoms with Crippen LogP contribution in [0.1, 0.15) is 12.8 Å². The van der Waals surface area contributed by atoms with Crippen LogP contribution >= 0.6 is 0 Å². The Morgan fingerprint density at radius 1 is 1.32 bits per heavy atom. The number of hydrogen-bond donors (Lipinski definition) is 0. The fraction of sp³-hybridized carbons (Fsp3) is 0.533. The van der Waals surface area contributed by atoms with Gasteiger partial charge in [0.25, 0.3) is 5.91 Å². The summed E-state index contributed by atoms with van der Waals surface area (Å²) in [6.07, 6.45) is 2.45. The molecule has 4 nitrogen and oxygen atoms in total. The molecule has 3 unspecified atom stereocenters. The summed E-state index contributed by atoms with van der Waals surface area (Å²) in [5, 5.41) is 0. The molecule has 1 saturated heterocycles. The Hall–Kier alpha value is -1.55. The van der Waals surface area contributed by atoms with E-state index in [1.807, 2.05) is 35.2 Å². The number of fused-ring (bicyclic) bond motifs is 2. The van der Waals surface area contributed by atoms with Gasteiger partial charge in [-0.3, -0.25) is 4.79 Å². The number of carbonyl (C=O) groups is 1. The predicted molar refractivity (Wildman–Crippen MR) is 71.0 cm³/mol. The lowest BCUT2D eigenvalue weighted by atomic mass is 10.1. The number of hydrogen-bond acceptors (Lipinski definition) is 3. The fourth-order valence-electron chi connectivity index (χ4n) is 3.32. The number of nitrogens with zero attached hydrogens (tertiary/aromatic N) is 1. The van der Waals surface area contributed by atoms with Crippen molar-refractivity contribution in [3.05, 3.63) is 30.3 Å². The minimum atomic E-state index is 0.0677. The summed E-state index contributed by atoms with van der Waals surface area (Å²) in [4.78, 5) is 14.2. The molecule has 0 radical (unpaired) electrons. The van der Waals surface area contributed by atoms with Gasteiger partial charge < -0.3 is 14.4 Å². The summed E-state index contributed by atoms with van der Waals surface area (Å²) in [7, 11) is 1.74. The zero-order chi connectivity index (χ0) is 13.2. The number of piperidine rings is 1. The lowest BCUT2D eigenvalue weighted by Crippen LogP contribution is -2.42. The number of likely N-dealkylation sites (tertiary alicyclic amines) is 1. The summed E-state index contributed by atoms with van der Waals surface area (Å²) in [5.41, 5.74) is 0. The standard InChI is InChI=1S/C15H19NO3/c1-18-15-11-7-8-13(15)16(9-11)14(17)10-19-12-5-3-2-4-6-12/h2-6,11,13,15H,7-10H2,1H3. The lowest BCUT2D eigenvalue weighted by molar-refractivity contribution is -0.135. The minimum absolute atomic E-state index is 0.0677. The Labute approximate surface area is 113 Å². The molecule has 1 heterocycles. The number of ether oxygens (including phenoxy) is 2. The zero-order valence-electron chi connectivity index (χ0n) is 11.1. The second-order valence-corrected chi connectivity index (χ2v) is 5.25. The number of amides is 1. The molecule has 2 bridgehead atoms. The van der Waals surface area contributed by atoms with Gasteiger partial charge in [-0.2, -0.15) is 0 Å². The first-order chi connectivity index (χ1) is 9.29. The van der Waals surface area contributed by atoms with Crippen LogP contribution in [0.25, 0.3) is 0 Å². The van der Waals surface area contributed by atoms with Crippen LogP contribution in [0.3, 0.4) is 0 Å². The van der Waals surface area contributed by atoms with Crippen LogP contribution in [0, 0.1) is 5.92 Å². The highest BCUT2D eigenvalue weighted by molar-refractivity contribution is 5.78. The maximum absolute atomic E-state index is 12.2. The Balaban J connectivity index is 1.57. The van der Waals surface area contributed by atoms with Gasteiger partial charge in [0.1, 0.15) is 5.75 Å². The third kappa shape index (κ3) is 2.32. The van der Waals surface area contributed by atoms with Gasteiger partial charge >= 0.3 is 0 Å². The third-order valence-electron chi connectivity index (χ3n) is 4.21. The summed E-state index contributed by atoms with van der Waals surface area (Å²) in [5.74, 6) is 1.32. The van der Waals surface area contributed by atoms with Gasteiger partial charge in [-0.05, 0) is 25.0 Å². The van der Waals surface area contributed by atoms with Crippen molar-refractivity contribution in [2.45, 2.75) is 25.0 Å². The molecule has 3 rings (SSSR count). The van der Waals surface area contributed by atoms with Gasteiger partial charge in [0, 0.05) is 19.6 Å². The van der Waals surface area contributed by atoms with Crippen molar-refractivity contribution < 1.29 is 14.3 Å². The summed E-state index contributed by atoms with van der Waals surface area (Å²) in [6.45, 7) is 0.934. The number of rotatable bonds is 4. The largest absolute Gasteiger partial charge is 0.484 e. The van der Waals surface area contributed by atoms with Crippen LogP contribution < -0.4 is 4.74 Å². The Morgan fingerprint density at radius 2 is 2.11 bits per heavy atom. The average molecular weight is 261 g/mol. The van der Waals surface area contributed by atoms with E-state index in [1.54, 1.807) is 7.11 Å². The Bertz CT molecular complexity index is 448. The maximum atomic E-state index is 12.2. The first-order valence-corrected chi connectivity index (χ1v) is 6.79. The van der Waals surface area contributed by atoms with Crippen molar-refractivity contribution in [2.24, 2.45) is 5.92 Å². The van der Waals surface area contributed by atoms with E-state index in [0.717, 1.165) is 18.7 Å². The van der Waals surface area contributed by atoms with E-state index < -0.39 is 0 Å². The lowest BCUT2D eigenvalue weighted by Gasteiger charge is -2.27. The molecule has 1 aromatic rings. The first kappa shape index (κ1) is 12.5. The van der Waals surface area contributed by atoms with E-state index >= 15 is 0 Å². The molecule has 1 aliphatic heterocycles. The quantitative estimate of drug-likeness (QED) is 0.828. The molecule has 0 aromatic heterocycles. The fourth-order valence-corrected chi connectivity index (χ4v) is 3.32. The highest BCUT2D eigenvalue weighted by atomic mass is 16.5. The topological polar surface area (TPSA) is 38.8 Å². The van der Waals surface area contributed by atoms with Gasteiger partial charge in [0.05, 0.1) is 12.1 Å². The molecule has 2 fully saturated rings. The van der Waals surface area contributed by atoms with Crippen LogP contribution in [0.5, 0.6) is 5.75 Å². The monoisotopic (exact) mass is 261 g/mol. The number of benzene rings is 1. The number of carbonyl (C=O) groups excluding carboxylic acids is 1. The highest BCUT2D eigenvalue weighted by Gasteiger charge is 2.48. The van der Waals surface area contributed by atoms with E-state index in [-0.39, 0.29) is 24.7 Å². The average Bonchev–Trinajstić information content (AvgIpc) is 3.02. The molecule has 3 atom stereocenters. The highest BCUT2D eigenvalue weighted by Crippen LogP contribution is 2.39. The van der Waals surface area contributed by atoms with Gasteiger partial charge in [-0.15, -0.1) is 0 Å². The SMILES string of the molecule is COC1C2CCC1N(C(=O)COc1ccccc1)C2. The molecular formula is C15H19NO3. The summed E-state index contributed by atoms with van der Waals surface area (Å²) >= 11 is 0. The Kier molecular flexibility index (Phi) is 3.42. The van der Waals surface area contributed by atoms with Crippen molar-refractivity contribution in [3.8, 4) is 5.75 Å². The van der Waals surface area contributed by atoms with Crippen LogP contribution in [0.2, 0.25) is 0 Å². The maximum Gasteiger partial charge on any atom is 0.260 e. The smallest absolute Gasteiger partial charge is 0.260 e. The van der Waals surface area contributed by atoms with E-state index in [4.69, 9.17) is 9.47 Å². The van der Waals surface area contributed by atoms with Crippen molar-refractivity contribution in [1.82, 2.24) is 4.90 Å². The molecule has 2 aliphatic rings. The number of para-hydroxylation sites is 1. The van der Waals surface area contributed by atoms with Crippen LogP contribution in [0.15, 0.2) is 30.3 Å². The van der Waals surface area contributed by atoms with Crippen LogP contribution in [-0.2, 0) is 9.53 Å². The minimum Gasteiger partial charge on any atom is -0.484 e. The molecule has 1 saturated carbocycles. The summed E-state index contributed by atoms with van der Waals surface area (Å²) in [6, 6.07) is 9.71. The molecule has 4 heteroatoms. The van der Waals surface area contributed by atoms with E-state index in [2.05, 4.69) is 0 Å². The van der Waals surface area contributed by atoms with E-state index in [0.29, 0.717) is 5.92 Å². The van der Waals surface area contributed by atoms with Crippen molar-refractivity contribution in [3.63, 3.8) is 0 Å². The van der Waals surface area contributed by atoms with Crippen molar-refractivity contribution >= 4 is 5.91 Å². The molecule has 0 N–H and O–H groups in total. The number of methoxy groups -OCH3 is 1. The van der Waals surface area contributed by atoms with E-state index in [1.165, 1.54) is 6.42 Å². The Morgan fingerprint density at radius 3 is 2.79 bits per heavy atom. The van der Waals surface area contributed by atoms with E-state index in [9.17, 15) is 4.79 Å². The second-order valence-electron chi connectivity index (χ2n) is 5.25. The first-order valence-electron chi connectivity index (χ1n) is 6.79. The van der Waals surface area contributed by atoms with Crippen molar-refractivity contribution in [1.29, 1.82) is 0 Å². The van der Waals surface area contributed by atoms with Gasteiger partial charge in [-0.1, -0.05) is 18.2 Å². The third-order valence-corrected chi connectivity index (χ3v) is 4.21. The normalized spacial score (nSPS) is 28.7. The van der Waals surface area contributed by atoms with Gasteiger partial charge in [0.15, 0.2) is 6.61 Å². The molecular weight excluding hydrogens is 242 g/mol.